The largest absolute Gasteiger partial charge is 0.390 e. The quantitative estimate of drug-likeness (QED) is 0.351. The van der Waals surface area contributed by atoms with Gasteiger partial charge < -0.3 is 30.6 Å². The highest BCUT2D eigenvalue weighted by atomic mass is 16.3. The van der Waals surface area contributed by atoms with E-state index in [-0.39, 0.29) is 37.4 Å². The Hall–Kier alpha value is -0.830. The third kappa shape index (κ3) is 3.73. The molecule has 4 rings (SSSR count). The van der Waals surface area contributed by atoms with E-state index in [2.05, 4.69) is 0 Å². The first-order valence-electron chi connectivity index (χ1n) is 14.2. The lowest BCUT2D eigenvalue weighted by molar-refractivity contribution is -0.177. The number of ketones is 1. The monoisotopic (exact) mass is 483 g/mol. The number of aliphatic hydroxyl groups is 6. The molecule has 3 fully saturated rings. The van der Waals surface area contributed by atoms with Gasteiger partial charge in [0.25, 0.3) is 0 Å². The third-order valence-electron chi connectivity index (χ3n) is 10.4. The van der Waals surface area contributed by atoms with Crippen molar-refractivity contribution in [1.82, 2.24) is 0 Å². The molecule has 0 heterocycles. The minimum Gasteiger partial charge on any atom is -0.390 e. The third-order valence-corrected chi connectivity index (χ3v) is 10.4. The molecule has 0 aliphatic heterocycles. The number of fused-ring (bicyclic) bond motifs is 5. The van der Waals surface area contributed by atoms with Crippen molar-refractivity contribution in [2.45, 2.75) is 121 Å². The summed E-state index contributed by atoms with van der Waals surface area (Å²) in [6.45, 7) is 3.93. The fourth-order valence-electron chi connectivity index (χ4n) is 8.25. The number of carbonyl (C=O) groups is 1. The summed E-state index contributed by atoms with van der Waals surface area (Å²) in [6, 6.07) is 0. The molecule has 6 N–H and O–H groups in total. The van der Waals surface area contributed by atoms with E-state index in [1.165, 1.54) is 13.8 Å². The number of rotatable bonds is 5. The van der Waals surface area contributed by atoms with Crippen LogP contribution in [0.1, 0.15) is 90.0 Å². The smallest absolute Gasteiger partial charge is 0.159 e. The molecule has 0 aromatic rings. The molecule has 4 aliphatic carbocycles. The van der Waals surface area contributed by atoms with E-state index >= 15 is 0 Å². The van der Waals surface area contributed by atoms with Gasteiger partial charge in [-0.2, -0.15) is 0 Å². The van der Waals surface area contributed by atoms with Crippen molar-refractivity contribution in [1.29, 1.82) is 0 Å². The summed E-state index contributed by atoms with van der Waals surface area (Å²) in [6.07, 6.45) is 0.268. The van der Waals surface area contributed by atoms with Crippen LogP contribution in [0.25, 0.3) is 0 Å². The number of carbonyl (C=O) groups excluding carboxylic acids is 1. The van der Waals surface area contributed by atoms with Crippen LogP contribution in [-0.4, -0.2) is 71.5 Å². The normalized spacial score (nSPS) is 50.3. The van der Waals surface area contributed by atoms with Crippen LogP contribution in [0.5, 0.6) is 0 Å². The van der Waals surface area contributed by atoms with E-state index in [4.69, 9.17) is 4.11 Å². The Kier molecular flexibility index (Phi) is 5.32. The molecule has 7 heteroatoms. The lowest BCUT2D eigenvalue weighted by atomic mass is 9.45. The second-order valence-corrected chi connectivity index (χ2v) is 12.6. The first-order chi connectivity index (χ1) is 16.7. The molecule has 0 spiro atoms. The maximum atomic E-state index is 13.3. The molecule has 7 nitrogen and oxygen atoms in total. The molecule has 0 aromatic heterocycles. The predicted octanol–water partition coefficient (Wildman–Crippen LogP) is 1.85. The minimum atomic E-state index is -2.63. The van der Waals surface area contributed by atoms with Crippen molar-refractivity contribution in [2.24, 2.45) is 28.6 Å². The first kappa shape index (κ1) is 22.4. The molecule has 0 radical (unpaired) electrons. The first-order valence-corrected chi connectivity index (χ1v) is 12.7. The van der Waals surface area contributed by atoms with Crippen molar-refractivity contribution in [2.75, 3.05) is 0 Å². The minimum absolute atomic E-state index is 0.132. The summed E-state index contributed by atoms with van der Waals surface area (Å²) in [4.78, 5) is 13.3. The van der Waals surface area contributed by atoms with Crippen LogP contribution >= 0.6 is 0 Å². The van der Waals surface area contributed by atoms with Gasteiger partial charge in [0.2, 0.25) is 0 Å². The standard InChI is InChI=1S/C27H44O7/c1-23(2,32)9-8-22(31)26(5,33)21-7-11-27(34)16-12-18(28)17-13-19(29)20(30)14-24(17,3)15(16)6-10-25(21,27)4/h12,15,17,19-22,29-34H,6-11,13-14H2,1-5H3/t15-,17-,19+,20-,21-,22+,24+,25+,26+,27+/m0/s1/i1D3/t15-,17-,19+,20-,21-,22+,23?,24+,25+,26+,27+. The highest BCUT2D eigenvalue weighted by molar-refractivity contribution is 5.95. The zero-order chi connectivity index (χ0) is 28.0. The zero-order valence-electron chi connectivity index (χ0n) is 23.8. The summed E-state index contributed by atoms with van der Waals surface area (Å²) in [7, 11) is 0. The lowest BCUT2D eigenvalue weighted by Gasteiger charge is -2.60. The number of hydrogen-bond donors (Lipinski definition) is 6. The van der Waals surface area contributed by atoms with Crippen molar-refractivity contribution in [3.63, 3.8) is 0 Å². The van der Waals surface area contributed by atoms with Crippen molar-refractivity contribution >= 4 is 5.78 Å². The van der Waals surface area contributed by atoms with Crippen molar-refractivity contribution in [3.05, 3.63) is 11.6 Å². The lowest BCUT2D eigenvalue weighted by Crippen LogP contribution is -2.62. The van der Waals surface area contributed by atoms with E-state index in [0.29, 0.717) is 31.3 Å². The van der Waals surface area contributed by atoms with Crippen LogP contribution in [0.3, 0.4) is 0 Å². The Bertz CT molecular complexity index is 962. The van der Waals surface area contributed by atoms with Gasteiger partial charge in [-0.1, -0.05) is 13.8 Å². The summed E-state index contributed by atoms with van der Waals surface area (Å²) in [5.74, 6) is -1.28. The van der Waals surface area contributed by atoms with Crippen LogP contribution in [-0.2, 0) is 4.79 Å². The maximum Gasteiger partial charge on any atom is 0.159 e. The number of aliphatic hydroxyl groups excluding tert-OH is 3. The SMILES string of the molecule is [2H]C([2H])([2H])C(C)(O)CC[C@@H](O)[C@](C)(O)[C@H]1CC[C@@]2(O)C3=CC(=O)[C@@H]4C[C@@H](O)[C@@H](O)C[C@]4(C)[C@H]3CC[C@]12C. The summed E-state index contributed by atoms with van der Waals surface area (Å²) < 4.78 is 22.6. The summed E-state index contributed by atoms with van der Waals surface area (Å²) in [5.41, 5.74) is -5.90. The van der Waals surface area contributed by atoms with E-state index in [9.17, 15) is 35.4 Å². The Morgan fingerprint density at radius 2 is 1.82 bits per heavy atom. The molecule has 4 aliphatic rings. The van der Waals surface area contributed by atoms with Crippen molar-refractivity contribution in [3.8, 4) is 0 Å². The molecule has 34 heavy (non-hydrogen) atoms. The molecule has 11 atom stereocenters. The van der Waals surface area contributed by atoms with Gasteiger partial charge in [-0.05, 0) is 101 Å². The fraction of sp³-hybridized carbons (Fsp3) is 0.889. The van der Waals surface area contributed by atoms with Crippen LogP contribution < -0.4 is 0 Å². The van der Waals surface area contributed by atoms with Crippen LogP contribution in [0.15, 0.2) is 11.6 Å². The summed E-state index contributed by atoms with van der Waals surface area (Å²) in [5, 5.41) is 66.0. The van der Waals surface area contributed by atoms with Gasteiger partial charge in [-0.25, -0.2) is 0 Å². The number of allylic oxidation sites excluding steroid dienone is 1. The highest BCUT2D eigenvalue weighted by Crippen LogP contribution is 2.68. The highest BCUT2D eigenvalue weighted by Gasteiger charge is 2.69. The van der Waals surface area contributed by atoms with E-state index in [1.54, 1.807) is 6.08 Å². The van der Waals surface area contributed by atoms with Crippen LogP contribution in [0, 0.1) is 28.6 Å². The van der Waals surface area contributed by atoms with Crippen LogP contribution in [0.4, 0.5) is 0 Å². The Labute approximate surface area is 207 Å². The molecule has 0 amide bonds. The molecular formula is C27H44O7. The van der Waals surface area contributed by atoms with Gasteiger partial charge >= 0.3 is 0 Å². The van der Waals surface area contributed by atoms with E-state index in [0.717, 1.165) is 0 Å². The fourth-order valence-corrected chi connectivity index (χ4v) is 8.25. The van der Waals surface area contributed by atoms with Gasteiger partial charge in [0, 0.05) is 15.4 Å². The molecule has 194 valence electrons. The van der Waals surface area contributed by atoms with Gasteiger partial charge in [-0.3, -0.25) is 4.79 Å². The van der Waals surface area contributed by atoms with E-state index in [1.807, 2.05) is 13.8 Å². The average Bonchev–Trinajstić information content (AvgIpc) is 3.05. The van der Waals surface area contributed by atoms with E-state index < -0.39 is 64.6 Å². The Morgan fingerprint density at radius 1 is 1.15 bits per heavy atom. The maximum absolute atomic E-state index is 13.3. The average molecular weight is 484 g/mol. The van der Waals surface area contributed by atoms with Gasteiger partial charge in [0.15, 0.2) is 5.78 Å². The second kappa shape index (κ2) is 8.09. The van der Waals surface area contributed by atoms with Gasteiger partial charge in [-0.15, -0.1) is 0 Å². The number of hydrogen-bond acceptors (Lipinski definition) is 7. The predicted molar refractivity (Wildman–Crippen MR) is 127 cm³/mol. The summed E-state index contributed by atoms with van der Waals surface area (Å²) >= 11 is 0. The molecular weight excluding hydrogens is 436 g/mol. The van der Waals surface area contributed by atoms with Crippen molar-refractivity contribution < 1.29 is 39.5 Å². The topological polar surface area (TPSA) is 138 Å². The Morgan fingerprint density at radius 3 is 2.47 bits per heavy atom. The molecule has 3 saturated carbocycles. The zero-order valence-corrected chi connectivity index (χ0v) is 20.8. The van der Waals surface area contributed by atoms with Gasteiger partial charge in [0.1, 0.15) is 0 Å². The second-order valence-electron chi connectivity index (χ2n) is 12.6. The Balaban J connectivity index is 1.62. The molecule has 1 unspecified atom stereocenters. The molecule has 0 bridgehead atoms. The molecule has 0 saturated heterocycles. The van der Waals surface area contributed by atoms with Crippen LogP contribution in [0.2, 0.25) is 0 Å². The molecule has 0 aromatic carbocycles. The van der Waals surface area contributed by atoms with Gasteiger partial charge in [0.05, 0.1) is 35.1 Å².